The highest BCUT2D eigenvalue weighted by Crippen LogP contribution is 2.45. The fourth-order valence-electron chi connectivity index (χ4n) is 4.15. The van der Waals surface area contributed by atoms with Crippen LogP contribution in [0.15, 0.2) is 59.1 Å². The summed E-state index contributed by atoms with van der Waals surface area (Å²) in [5, 5.41) is 6.17. The minimum absolute atomic E-state index is 0.0976. The van der Waals surface area contributed by atoms with Gasteiger partial charge in [-0.1, -0.05) is 17.7 Å². The molecule has 2 N–H and O–H groups in total. The van der Waals surface area contributed by atoms with Crippen molar-refractivity contribution in [3.63, 3.8) is 0 Å². The van der Waals surface area contributed by atoms with Crippen molar-refractivity contribution in [3.8, 4) is 0 Å². The van der Waals surface area contributed by atoms with Crippen LogP contribution in [0.2, 0.25) is 5.02 Å². The molecule has 2 aliphatic rings. The van der Waals surface area contributed by atoms with Crippen molar-refractivity contribution >= 4 is 29.1 Å². The number of nitrogens with one attached hydrogen (secondary N) is 2. The molecule has 2 aromatic rings. The van der Waals surface area contributed by atoms with Gasteiger partial charge in [0.25, 0.3) is 5.91 Å². The third-order valence-corrected chi connectivity index (χ3v) is 5.80. The van der Waals surface area contributed by atoms with Gasteiger partial charge in [0.05, 0.1) is 5.92 Å². The lowest BCUT2D eigenvalue weighted by Crippen LogP contribution is -2.36. The summed E-state index contributed by atoms with van der Waals surface area (Å²) < 4.78 is 15.0. The molecule has 1 aromatic carbocycles. The number of hydrogen-bond acceptors (Lipinski definition) is 4. The highest BCUT2D eigenvalue weighted by atomic mass is 35.5. The largest absolute Gasteiger partial charge is 0.362 e. The maximum atomic E-state index is 15.0. The van der Waals surface area contributed by atoms with Crippen LogP contribution >= 0.6 is 11.6 Å². The molecule has 0 bridgehead atoms. The number of dihydropyridines is 1. The number of Topliss-reactive ketones (excluding diaryl/α,β-unsaturated/α-hetero) is 1. The number of halogens is 2. The van der Waals surface area contributed by atoms with Gasteiger partial charge in [0.1, 0.15) is 11.6 Å². The summed E-state index contributed by atoms with van der Waals surface area (Å²) in [6, 6.07) is 7.94. The predicted octanol–water partition coefficient (Wildman–Crippen LogP) is 4.79. The lowest BCUT2D eigenvalue weighted by atomic mass is 9.75. The smallest absolute Gasteiger partial charge is 0.255 e. The van der Waals surface area contributed by atoms with Gasteiger partial charge in [-0.05, 0) is 56.5 Å². The van der Waals surface area contributed by atoms with Crippen LogP contribution in [0.3, 0.4) is 0 Å². The van der Waals surface area contributed by atoms with Crippen molar-refractivity contribution < 1.29 is 14.0 Å². The lowest BCUT2D eigenvalue weighted by molar-refractivity contribution is -0.116. The van der Waals surface area contributed by atoms with Gasteiger partial charge in [0.15, 0.2) is 5.78 Å². The summed E-state index contributed by atoms with van der Waals surface area (Å²) in [4.78, 5) is 30.4. The normalized spacial score (nSPS) is 18.8. The molecule has 0 unspecified atom stereocenters. The Balaban J connectivity index is 1.85. The summed E-state index contributed by atoms with van der Waals surface area (Å²) in [5.74, 6) is -1.60. The third-order valence-electron chi connectivity index (χ3n) is 5.47. The molecule has 1 atom stereocenters. The molecular formula is C23H21ClFN3O2. The van der Waals surface area contributed by atoms with Crippen molar-refractivity contribution in [1.82, 2.24) is 10.3 Å². The van der Waals surface area contributed by atoms with Crippen LogP contribution < -0.4 is 10.6 Å². The fraction of sp³-hybridized carbons (Fsp3) is 0.261. The zero-order valence-electron chi connectivity index (χ0n) is 16.7. The molecule has 0 saturated carbocycles. The monoisotopic (exact) mass is 425 g/mol. The number of hydrogen-bond donors (Lipinski definition) is 2. The predicted molar refractivity (Wildman–Crippen MR) is 113 cm³/mol. The van der Waals surface area contributed by atoms with E-state index >= 15 is 0 Å². The van der Waals surface area contributed by atoms with E-state index in [0.29, 0.717) is 36.4 Å². The summed E-state index contributed by atoms with van der Waals surface area (Å²) in [5.41, 5.74) is 3.07. The highest BCUT2D eigenvalue weighted by molar-refractivity contribution is 6.31. The second-order valence-electron chi connectivity index (χ2n) is 7.57. The van der Waals surface area contributed by atoms with Gasteiger partial charge >= 0.3 is 0 Å². The number of ketones is 1. The Morgan fingerprint density at radius 3 is 2.80 bits per heavy atom. The van der Waals surface area contributed by atoms with E-state index in [1.54, 1.807) is 25.3 Å². The Labute approximate surface area is 179 Å². The molecule has 4 rings (SSSR count). The first-order chi connectivity index (χ1) is 14.4. The van der Waals surface area contributed by atoms with E-state index in [1.807, 2.05) is 13.0 Å². The van der Waals surface area contributed by atoms with Gasteiger partial charge < -0.3 is 10.6 Å². The SMILES string of the molecule is CC1=C(C(=O)Nc2cc(C)ccn2)[C@@H](c2c(F)cccc2Cl)C2=C(CCCC2=O)N1. The number of rotatable bonds is 3. The Bertz CT molecular complexity index is 1100. The molecule has 30 heavy (non-hydrogen) atoms. The number of aryl methyl sites for hydroxylation is 1. The molecule has 154 valence electrons. The quantitative estimate of drug-likeness (QED) is 0.741. The van der Waals surface area contributed by atoms with E-state index in [-0.39, 0.29) is 21.9 Å². The maximum Gasteiger partial charge on any atom is 0.255 e. The van der Waals surface area contributed by atoms with Gasteiger partial charge in [-0.3, -0.25) is 9.59 Å². The number of carbonyl (C=O) groups excluding carboxylic acids is 2. The molecule has 2 heterocycles. The van der Waals surface area contributed by atoms with Crippen LogP contribution in [0, 0.1) is 12.7 Å². The molecule has 1 amide bonds. The van der Waals surface area contributed by atoms with E-state index in [2.05, 4.69) is 15.6 Å². The van der Waals surface area contributed by atoms with Crippen LogP contribution in [0.4, 0.5) is 10.2 Å². The topological polar surface area (TPSA) is 71.1 Å². The molecule has 5 nitrogen and oxygen atoms in total. The number of amides is 1. The van der Waals surface area contributed by atoms with E-state index in [4.69, 9.17) is 11.6 Å². The second-order valence-corrected chi connectivity index (χ2v) is 7.98. The summed E-state index contributed by atoms with van der Waals surface area (Å²) in [6.45, 7) is 3.65. The Morgan fingerprint density at radius 2 is 2.07 bits per heavy atom. The minimum atomic E-state index is -0.882. The third kappa shape index (κ3) is 3.63. The molecule has 0 spiro atoms. The molecule has 0 radical (unpaired) electrons. The first-order valence-corrected chi connectivity index (χ1v) is 10.2. The lowest BCUT2D eigenvalue weighted by Gasteiger charge is -2.35. The van der Waals surface area contributed by atoms with E-state index in [9.17, 15) is 14.0 Å². The Kier molecular flexibility index (Phi) is 5.43. The standard InChI is InChI=1S/C23H21ClFN3O2/c1-12-9-10-26-18(11-12)28-23(30)19-13(2)27-16-7-4-8-17(29)21(16)22(19)20-14(24)5-3-6-15(20)25/h3,5-6,9-11,22,27H,4,7-8H2,1-2H3,(H,26,28,30)/t22-/m0/s1. The van der Waals surface area contributed by atoms with Gasteiger partial charge in [0, 0.05) is 45.7 Å². The number of allylic oxidation sites excluding steroid dienone is 3. The van der Waals surface area contributed by atoms with E-state index in [1.165, 1.54) is 12.1 Å². The van der Waals surface area contributed by atoms with Crippen LogP contribution in [0.1, 0.15) is 43.2 Å². The summed E-state index contributed by atoms with van der Waals surface area (Å²) >= 11 is 6.38. The number of nitrogens with zero attached hydrogens (tertiary/aromatic N) is 1. The molecule has 0 saturated heterocycles. The van der Waals surface area contributed by atoms with Gasteiger partial charge in [0.2, 0.25) is 0 Å². The van der Waals surface area contributed by atoms with Crippen LogP contribution in [0.5, 0.6) is 0 Å². The van der Waals surface area contributed by atoms with Crippen molar-refractivity contribution in [2.45, 2.75) is 39.0 Å². The first-order valence-electron chi connectivity index (χ1n) is 9.78. The van der Waals surface area contributed by atoms with Crippen molar-refractivity contribution in [2.75, 3.05) is 5.32 Å². The number of aromatic nitrogens is 1. The van der Waals surface area contributed by atoms with Crippen LogP contribution in [-0.4, -0.2) is 16.7 Å². The number of anilines is 1. The maximum absolute atomic E-state index is 15.0. The van der Waals surface area contributed by atoms with Crippen LogP contribution in [0.25, 0.3) is 0 Å². The van der Waals surface area contributed by atoms with E-state index < -0.39 is 17.6 Å². The highest BCUT2D eigenvalue weighted by Gasteiger charge is 2.40. The van der Waals surface area contributed by atoms with Gasteiger partial charge in [-0.15, -0.1) is 0 Å². The van der Waals surface area contributed by atoms with Gasteiger partial charge in [-0.25, -0.2) is 9.37 Å². The number of carbonyl (C=O) groups is 2. The molecule has 7 heteroatoms. The first kappa shape index (κ1) is 20.3. The Morgan fingerprint density at radius 1 is 1.27 bits per heavy atom. The zero-order chi connectivity index (χ0) is 21.4. The fourth-order valence-corrected chi connectivity index (χ4v) is 4.42. The Hall–Kier alpha value is -2.99. The number of pyridine rings is 1. The molecule has 1 aromatic heterocycles. The molecule has 1 aliphatic heterocycles. The molecular weight excluding hydrogens is 405 g/mol. The van der Waals surface area contributed by atoms with Crippen LogP contribution in [-0.2, 0) is 9.59 Å². The number of benzene rings is 1. The van der Waals surface area contributed by atoms with Crippen molar-refractivity contribution in [3.05, 3.63) is 81.0 Å². The van der Waals surface area contributed by atoms with Crippen molar-refractivity contribution in [1.29, 1.82) is 0 Å². The zero-order valence-corrected chi connectivity index (χ0v) is 17.4. The summed E-state index contributed by atoms with van der Waals surface area (Å²) in [7, 11) is 0. The summed E-state index contributed by atoms with van der Waals surface area (Å²) in [6.07, 6.45) is 3.33. The average Bonchev–Trinajstić information content (AvgIpc) is 2.67. The molecule has 1 aliphatic carbocycles. The molecule has 0 fully saturated rings. The van der Waals surface area contributed by atoms with Crippen molar-refractivity contribution in [2.24, 2.45) is 0 Å². The van der Waals surface area contributed by atoms with Gasteiger partial charge in [-0.2, -0.15) is 0 Å². The minimum Gasteiger partial charge on any atom is -0.362 e. The van der Waals surface area contributed by atoms with E-state index in [0.717, 1.165) is 11.3 Å². The average molecular weight is 426 g/mol. The second kappa shape index (κ2) is 8.03.